The number of carbonyl (C=O) groups is 3. The predicted molar refractivity (Wildman–Crippen MR) is 127 cm³/mol. The van der Waals surface area contributed by atoms with Crippen LogP contribution in [0.2, 0.25) is 0 Å². The second-order valence-electron chi connectivity index (χ2n) is 8.07. The van der Waals surface area contributed by atoms with E-state index in [4.69, 9.17) is 24.1 Å². The van der Waals surface area contributed by atoms with Gasteiger partial charge in [-0.15, -0.1) is 0 Å². The molecular formula is C26H24F3NO8. The molecule has 0 aliphatic heterocycles. The summed E-state index contributed by atoms with van der Waals surface area (Å²) in [6.07, 6.45) is -3.67. The number of halogens is 3. The fourth-order valence-corrected chi connectivity index (χ4v) is 2.71. The molecule has 1 heterocycles. The molecule has 0 bridgehead atoms. The Bertz CT molecular complexity index is 1260. The summed E-state index contributed by atoms with van der Waals surface area (Å²) in [5.41, 5.74) is -0.00924. The SMILES string of the molecule is COc1ccc(C(=O)c2ccc(OCc3ccccc3)nc2)c(OC(C)(C)C(=O)O)c1.O=C(O)C(F)(F)F. The normalized spacial score (nSPS) is 11.0. The molecule has 0 radical (unpaired) electrons. The summed E-state index contributed by atoms with van der Waals surface area (Å²) in [5.74, 6) is -3.33. The molecule has 0 amide bonds. The zero-order valence-corrected chi connectivity index (χ0v) is 20.5. The standard InChI is InChI=1S/C24H23NO6.C2HF3O2/c1-24(2,23(27)28)31-20-13-18(29-3)10-11-19(20)22(26)17-9-12-21(25-14-17)30-15-16-7-5-4-6-8-16;3-2(4,5)1(6)7/h4-14H,15H2,1-3H3,(H,27,28);(H,6,7). The molecule has 12 heteroatoms. The van der Waals surface area contributed by atoms with E-state index in [1.54, 1.807) is 18.2 Å². The summed E-state index contributed by atoms with van der Waals surface area (Å²) >= 11 is 0. The van der Waals surface area contributed by atoms with Gasteiger partial charge in [-0.3, -0.25) is 4.79 Å². The predicted octanol–water partition coefficient (Wildman–Crippen LogP) is 4.78. The molecule has 3 rings (SSSR count). The summed E-state index contributed by atoms with van der Waals surface area (Å²) in [6, 6.07) is 17.5. The van der Waals surface area contributed by atoms with Gasteiger partial charge in [-0.25, -0.2) is 14.6 Å². The molecule has 202 valence electrons. The van der Waals surface area contributed by atoms with Crippen LogP contribution in [0.5, 0.6) is 17.4 Å². The van der Waals surface area contributed by atoms with Gasteiger partial charge in [0.15, 0.2) is 11.4 Å². The summed E-state index contributed by atoms with van der Waals surface area (Å²) < 4.78 is 48.2. The maximum Gasteiger partial charge on any atom is 0.490 e. The Balaban J connectivity index is 0.000000638. The molecule has 0 fully saturated rings. The largest absolute Gasteiger partial charge is 0.497 e. The van der Waals surface area contributed by atoms with Gasteiger partial charge in [-0.1, -0.05) is 30.3 Å². The lowest BCUT2D eigenvalue weighted by atomic mass is 10.0. The van der Waals surface area contributed by atoms with Crippen molar-refractivity contribution in [3.63, 3.8) is 0 Å². The van der Waals surface area contributed by atoms with Crippen molar-refractivity contribution in [1.29, 1.82) is 0 Å². The number of hydrogen-bond acceptors (Lipinski definition) is 7. The first-order chi connectivity index (χ1) is 17.7. The number of carbonyl (C=O) groups excluding carboxylic acids is 1. The van der Waals surface area contributed by atoms with E-state index in [-0.39, 0.29) is 17.1 Å². The maximum absolute atomic E-state index is 13.1. The number of aromatic nitrogens is 1. The lowest BCUT2D eigenvalue weighted by Gasteiger charge is -2.23. The van der Waals surface area contributed by atoms with Crippen LogP contribution in [0.25, 0.3) is 0 Å². The van der Waals surface area contributed by atoms with Gasteiger partial charge < -0.3 is 24.4 Å². The average Bonchev–Trinajstić information content (AvgIpc) is 2.87. The Kier molecular flexibility index (Phi) is 9.80. The number of pyridine rings is 1. The lowest BCUT2D eigenvalue weighted by molar-refractivity contribution is -0.192. The molecule has 3 aromatic rings. The highest BCUT2D eigenvalue weighted by Gasteiger charge is 2.38. The van der Waals surface area contributed by atoms with Gasteiger partial charge >= 0.3 is 18.1 Å². The van der Waals surface area contributed by atoms with E-state index in [0.717, 1.165) is 5.56 Å². The first kappa shape index (κ1) is 29.6. The van der Waals surface area contributed by atoms with Gasteiger partial charge in [-0.2, -0.15) is 13.2 Å². The number of benzene rings is 2. The van der Waals surface area contributed by atoms with E-state index in [1.165, 1.54) is 39.3 Å². The van der Waals surface area contributed by atoms with Crippen LogP contribution in [0, 0.1) is 0 Å². The molecule has 0 aliphatic carbocycles. The Morgan fingerprint density at radius 1 is 0.921 bits per heavy atom. The van der Waals surface area contributed by atoms with Gasteiger partial charge in [0.05, 0.1) is 12.7 Å². The van der Waals surface area contributed by atoms with E-state index in [9.17, 15) is 27.9 Å². The van der Waals surface area contributed by atoms with E-state index in [2.05, 4.69) is 4.98 Å². The van der Waals surface area contributed by atoms with E-state index >= 15 is 0 Å². The van der Waals surface area contributed by atoms with Gasteiger partial charge in [0.2, 0.25) is 5.88 Å². The van der Waals surface area contributed by atoms with Crippen molar-refractivity contribution >= 4 is 17.7 Å². The molecule has 1 aromatic heterocycles. The highest BCUT2D eigenvalue weighted by atomic mass is 19.4. The quantitative estimate of drug-likeness (QED) is 0.372. The Morgan fingerprint density at radius 2 is 1.55 bits per heavy atom. The van der Waals surface area contributed by atoms with Gasteiger partial charge in [0, 0.05) is 23.9 Å². The number of rotatable bonds is 9. The summed E-state index contributed by atoms with van der Waals surface area (Å²) in [7, 11) is 1.47. The van der Waals surface area contributed by atoms with Gasteiger partial charge in [0.1, 0.15) is 18.1 Å². The molecule has 2 aromatic carbocycles. The van der Waals surface area contributed by atoms with E-state index < -0.39 is 23.7 Å². The molecule has 38 heavy (non-hydrogen) atoms. The van der Waals surface area contributed by atoms with Crippen LogP contribution in [0.4, 0.5) is 13.2 Å². The van der Waals surface area contributed by atoms with Crippen molar-refractivity contribution in [2.45, 2.75) is 32.2 Å². The summed E-state index contributed by atoms with van der Waals surface area (Å²) in [5, 5.41) is 16.5. The summed E-state index contributed by atoms with van der Waals surface area (Å²) in [4.78, 5) is 37.6. The zero-order chi connectivity index (χ0) is 28.5. The number of methoxy groups -OCH3 is 1. The second-order valence-corrected chi connectivity index (χ2v) is 8.07. The number of alkyl halides is 3. The van der Waals surface area contributed by atoms with Crippen LogP contribution in [0.15, 0.2) is 66.9 Å². The first-order valence-electron chi connectivity index (χ1n) is 10.8. The van der Waals surface area contributed by atoms with E-state index in [0.29, 0.717) is 23.8 Å². The van der Waals surface area contributed by atoms with Crippen LogP contribution in [0.3, 0.4) is 0 Å². The number of aliphatic carboxylic acids is 2. The van der Waals surface area contributed by atoms with E-state index in [1.807, 2.05) is 30.3 Å². The Morgan fingerprint density at radius 3 is 2.05 bits per heavy atom. The zero-order valence-electron chi connectivity index (χ0n) is 20.5. The topological polar surface area (TPSA) is 132 Å². The number of carboxylic acid groups (broad SMARTS) is 2. The van der Waals surface area contributed by atoms with Crippen LogP contribution in [-0.4, -0.2) is 51.8 Å². The monoisotopic (exact) mass is 535 g/mol. The minimum absolute atomic E-state index is 0.112. The van der Waals surface area contributed by atoms with Gasteiger partial charge in [-0.05, 0) is 37.6 Å². The number of hydrogen-bond donors (Lipinski definition) is 2. The van der Waals surface area contributed by atoms with Crippen molar-refractivity contribution < 1.29 is 52.0 Å². The number of ketones is 1. The molecule has 2 N–H and O–H groups in total. The second kappa shape index (κ2) is 12.6. The third-order valence-electron chi connectivity index (χ3n) is 4.78. The highest BCUT2D eigenvalue weighted by molar-refractivity contribution is 6.10. The third kappa shape index (κ3) is 8.50. The number of carboxylic acids is 2. The molecular weight excluding hydrogens is 511 g/mol. The smallest absolute Gasteiger partial charge is 0.490 e. The highest BCUT2D eigenvalue weighted by Crippen LogP contribution is 2.30. The molecule has 0 saturated carbocycles. The molecule has 0 spiro atoms. The fraction of sp³-hybridized carbons (Fsp3) is 0.231. The van der Waals surface area contributed by atoms with Crippen LogP contribution in [-0.2, 0) is 16.2 Å². The minimum Gasteiger partial charge on any atom is -0.497 e. The molecule has 0 unspecified atom stereocenters. The first-order valence-corrected chi connectivity index (χ1v) is 10.8. The van der Waals surface area contributed by atoms with Crippen molar-refractivity contribution in [3.05, 3.63) is 83.6 Å². The van der Waals surface area contributed by atoms with Crippen LogP contribution < -0.4 is 14.2 Å². The van der Waals surface area contributed by atoms with Crippen molar-refractivity contribution in [2.75, 3.05) is 7.11 Å². The number of nitrogens with zero attached hydrogens (tertiary/aromatic N) is 1. The summed E-state index contributed by atoms with van der Waals surface area (Å²) in [6.45, 7) is 3.18. The van der Waals surface area contributed by atoms with Crippen molar-refractivity contribution in [3.8, 4) is 17.4 Å². The third-order valence-corrected chi connectivity index (χ3v) is 4.78. The molecule has 0 saturated heterocycles. The van der Waals surface area contributed by atoms with Crippen LogP contribution in [0.1, 0.15) is 35.3 Å². The molecule has 9 nitrogen and oxygen atoms in total. The number of ether oxygens (including phenoxy) is 3. The Hall–Kier alpha value is -4.61. The van der Waals surface area contributed by atoms with Gasteiger partial charge in [0.25, 0.3) is 0 Å². The lowest BCUT2D eigenvalue weighted by Crippen LogP contribution is -2.38. The van der Waals surface area contributed by atoms with Crippen molar-refractivity contribution in [1.82, 2.24) is 4.98 Å². The Labute approximate surface area is 215 Å². The van der Waals surface area contributed by atoms with Crippen molar-refractivity contribution in [2.24, 2.45) is 0 Å². The van der Waals surface area contributed by atoms with Crippen LogP contribution >= 0.6 is 0 Å². The average molecular weight is 535 g/mol. The minimum atomic E-state index is -5.08. The molecule has 0 aliphatic rings. The fourth-order valence-electron chi connectivity index (χ4n) is 2.71. The maximum atomic E-state index is 13.1. The molecule has 0 atom stereocenters.